The van der Waals surface area contributed by atoms with Crippen molar-refractivity contribution in [2.45, 2.75) is 43.2 Å². The van der Waals surface area contributed by atoms with E-state index in [0.29, 0.717) is 24.2 Å². The molecule has 0 saturated carbocycles. The second-order valence-electron chi connectivity index (χ2n) is 9.62. The van der Waals surface area contributed by atoms with Gasteiger partial charge in [-0.1, -0.05) is 72.4 Å². The Morgan fingerprint density at radius 3 is 2.46 bits per heavy atom. The molecule has 6 rings (SSSR count). The third-order valence-electron chi connectivity index (χ3n) is 6.80. The minimum absolute atomic E-state index is 0.00352. The molecule has 3 heterocycles. The molecule has 5 aromatic rings. The van der Waals surface area contributed by atoms with Crippen molar-refractivity contribution in [3.8, 4) is 0 Å². The van der Waals surface area contributed by atoms with E-state index in [1.807, 2.05) is 72.8 Å². The highest BCUT2D eigenvalue weighted by Gasteiger charge is 2.32. The highest BCUT2D eigenvalue weighted by atomic mass is 32.2. The average molecular weight is 569 g/mol. The first-order valence-electron chi connectivity index (χ1n) is 13.2. The number of fused-ring (bicyclic) bond motifs is 1. The Morgan fingerprint density at radius 1 is 0.951 bits per heavy atom. The Hall–Kier alpha value is -4.16. The first-order valence-corrected chi connectivity index (χ1v) is 14.2. The van der Waals surface area contributed by atoms with Gasteiger partial charge in [-0.25, -0.2) is 9.97 Å². The summed E-state index contributed by atoms with van der Waals surface area (Å²) < 4.78 is 12.8. The van der Waals surface area contributed by atoms with Crippen molar-refractivity contribution in [3.63, 3.8) is 0 Å². The fourth-order valence-corrected chi connectivity index (χ4v) is 5.39. The van der Waals surface area contributed by atoms with Gasteiger partial charge in [-0.3, -0.25) is 14.9 Å². The van der Waals surface area contributed by atoms with Gasteiger partial charge in [0.1, 0.15) is 12.0 Å². The summed E-state index contributed by atoms with van der Waals surface area (Å²) in [6.45, 7) is 0.340. The number of thioether (sulfide) groups is 1. The Kier molecular flexibility index (Phi) is 8.28. The molecule has 1 aliphatic heterocycles. The molecule has 3 N–H and O–H groups in total. The Labute approximate surface area is 240 Å². The highest BCUT2D eigenvalue weighted by Crippen LogP contribution is 2.39. The van der Waals surface area contributed by atoms with Crippen LogP contribution in [0.15, 0.2) is 90.5 Å². The van der Waals surface area contributed by atoms with Crippen molar-refractivity contribution < 1.29 is 19.4 Å². The summed E-state index contributed by atoms with van der Waals surface area (Å²) in [7, 11) is 0. The van der Waals surface area contributed by atoms with Crippen LogP contribution in [-0.4, -0.2) is 48.0 Å². The number of benzene rings is 3. The summed E-state index contributed by atoms with van der Waals surface area (Å²) in [6, 6.07) is 23.1. The molecule has 1 aliphatic rings. The van der Waals surface area contributed by atoms with Gasteiger partial charge in [-0.15, -0.1) is 0 Å². The van der Waals surface area contributed by atoms with Gasteiger partial charge in [0, 0.05) is 24.3 Å². The fourth-order valence-electron chi connectivity index (χ4n) is 4.59. The average Bonchev–Trinajstić information content (AvgIpc) is 3.56. The van der Waals surface area contributed by atoms with Crippen LogP contribution in [-0.2, 0) is 22.6 Å². The monoisotopic (exact) mass is 568 g/mol. The lowest BCUT2D eigenvalue weighted by molar-refractivity contribution is -0.245. The van der Waals surface area contributed by atoms with Crippen LogP contribution in [0.1, 0.15) is 51.6 Å². The van der Waals surface area contributed by atoms with Crippen molar-refractivity contribution in [2.75, 3.05) is 5.75 Å². The number of rotatable bonds is 9. The van der Waals surface area contributed by atoms with Gasteiger partial charge in [0.05, 0.1) is 36.0 Å². The van der Waals surface area contributed by atoms with Crippen LogP contribution < -0.4 is 5.32 Å². The van der Waals surface area contributed by atoms with Crippen molar-refractivity contribution in [1.29, 1.82) is 0 Å². The molecule has 11 heteroatoms. The third kappa shape index (κ3) is 6.60. The number of hydrogen-bond donors (Lipinski definition) is 3. The van der Waals surface area contributed by atoms with E-state index in [-0.39, 0.29) is 30.4 Å². The Morgan fingerprint density at radius 2 is 1.71 bits per heavy atom. The normalized spacial score (nSPS) is 18.8. The summed E-state index contributed by atoms with van der Waals surface area (Å²) in [5, 5.41) is 19.9. The number of H-pyrrole nitrogens is 1. The van der Waals surface area contributed by atoms with E-state index in [4.69, 9.17) is 9.47 Å². The molecule has 0 spiro atoms. The Balaban J connectivity index is 1.12. The van der Waals surface area contributed by atoms with Gasteiger partial charge in [-0.2, -0.15) is 5.10 Å². The lowest BCUT2D eigenvalue weighted by atomic mass is 10.0. The minimum Gasteiger partial charge on any atom is -0.392 e. The number of ether oxygens (including phenoxy) is 2. The number of nitrogens with zero attached hydrogens (tertiary/aromatic N) is 4. The van der Waals surface area contributed by atoms with Crippen LogP contribution in [0.2, 0.25) is 0 Å². The van der Waals surface area contributed by atoms with E-state index < -0.39 is 6.29 Å². The quantitative estimate of drug-likeness (QED) is 0.220. The molecule has 1 amide bonds. The van der Waals surface area contributed by atoms with Gasteiger partial charge < -0.3 is 19.9 Å². The molecule has 2 aromatic heterocycles. The topological polar surface area (TPSA) is 135 Å². The van der Waals surface area contributed by atoms with E-state index in [1.165, 1.54) is 12.5 Å². The molecule has 208 valence electrons. The zero-order valence-electron chi connectivity index (χ0n) is 22.0. The van der Waals surface area contributed by atoms with Crippen molar-refractivity contribution >= 4 is 28.7 Å². The van der Waals surface area contributed by atoms with Crippen molar-refractivity contribution in [1.82, 2.24) is 30.5 Å². The van der Waals surface area contributed by atoms with E-state index >= 15 is 0 Å². The number of para-hydroxylation sites is 2. The number of amides is 1. The summed E-state index contributed by atoms with van der Waals surface area (Å²) in [6.07, 6.45) is 2.82. The molecule has 0 bridgehead atoms. The fraction of sp³-hybridized carbons (Fsp3) is 0.233. The van der Waals surface area contributed by atoms with Gasteiger partial charge in [0.15, 0.2) is 11.4 Å². The molecule has 3 atom stereocenters. The van der Waals surface area contributed by atoms with Crippen LogP contribution in [0.4, 0.5) is 0 Å². The molecule has 0 radical (unpaired) electrons. The number of carbonyl (C=O) groups is 1. The molecule has 1 saturated heterocycles. The number of aliphatic hydroxyl groups is 1. The second-order valence-corrected chi connectivity index (χ2v) is 10.6. The van der Waals surface area contributed by atoms with Gasteiger partial charge >= 0.3 is 0 Å². The van der Waals surface area contributed by atoms with Crippen molar-refractivity contribution in [3.05, 3.63) is 113 Å². The lowest BCUT2D eigenvalue weighted by Crippen LogP contribution is -2.31. The van der Waals surface area contributed by atoms with Crippen LogP contribution in [0.5, 0.6) is 0 Å². The molecule has 3 aromatic carbocycles. The zero-order valence-corrected chi connectivity index (χ0v) is 22.8. The van der Waals surface area contributed by atoms with E-state index in [1.54, 1.807) is 11.8 Å². The molecule has 0 aliphatic carbocycles. The molecule has 10 nitrogen and oxygen atoms in total. The maximum atomic E-state index is 12.7. The maximum Gasteiger partial charge on any atom is 0.271 e. The predicted molar refractivity (Wildman–Crippen MR) is 153 cm³/mol. The van der Waals surface area contributed by atoms with Crippen LogP contribution in [0.25, 0.3) is 11.0 Å². The molecular weight excluding hydrogens is 540 g/mol. The van der Waals surface area contributed by atoms with Crippen LogP contribution >= 0.6 is 11.8 Å². The molecule has 41 heavy (non-hydrogen) atoms. The predicted octanol–water partition coefficient (Wildman–Crippen LogP) is 4.51. The maximum absolute atomic E-state index is 12.7. The molecular formula is C30H28N6O4S. The van der Waals surface area contributed by atoms with Crippen LogP contribution in [0, 0.1) is 0 Å². The lowest BCUT2D eigenvalue weighted by Gasteiger charge is -2.36. The van der Waals surface area contributed by atoms with Gasteiger partial charge in [0.25, 0.3) is 5.91 Å². The van der Waals surface area contributed by atoms with E-state index in [0.717, 1.165) is 32.9 Å². The standard InChI is InChI=1S/C30H28N6O4S/c37-16-20-7-9-21(10-8-20)27-13-23(17-41-30-33-18-34-36-30)39-29(40-27)22-11-5-19(6-12-22)14-32-28(38)26-15-31-24-3-1-2-4-25(24)35-26/h1-12,15,18,23,27,29,37H,13-14,16-17H2,(H,32,38)(H,33,34,36). The Bertz CT molecular complexity index is 1600. The molecule has 3 unspecified atom stereocenters. The smallest absolute Gasteiger partial charge is 0.271 e. The highest BCUT2D eigenvalue weighted by molar-refractivity contribution is 7.99. The summed E-state index contributed by atoms with van der Waals surface area (Å²) in [5.41, 5.74) is 5.39. The summed E-state index contributed by atoms with van der Waals surface area (Å²) in [5.74, 6) is 0.399. The number of aromatic amines is 1. The van der Waals surface area contributed by atoms with E-state index in [2.05, 4.69) is 30.5 Å². The van der Waals surface area contributed by atoms with Gasteiger partial charge in [0.2, 0.25) is 0 Å². The molecule has 1 fully saturated rings. The number of aliphatic hydroxyl groups excluding tert-OH is 1. The number of nitrogens with one attached hydrogen (secondary N) is 2. The van der Waals surface area contributed by atoms with E-state index in [9.17, 15) is 9.90 Å². The summed E-state index contributed by atoms with van der Waals surface area (Å²) in [4.78, 5) is 25.6. The number of carbonyl (C=O) groups excluding carboxylic acids is 1. The number of hydrogen-bond acceptors (Lipinski definition) is 9. The largest absolute Gasteiger partial charge is 0.392 e. The van der Waals surface area contributed by atoms with Crippen LogP contribution in [0.3, 0.4) is 0 Å². The second kappa shape index (κ2) is 12.6. The minimum atomic E-state index is -0.567. The van der Waals surface area contributed by atoms with Crippen molar-refractivity contribution in [2.24, 2.45) is 0 Å². The summed E-state index contributed by atoms with van der Waals surface area (Å²) >= 11 is 1.55. The van der Waals surface area contributed by atoms with Gasteiger partial charge in [-0.05, 0) is 28.8 Å². The third-order valence-corrected chi connectivity index (χ3v) is 7.81. The SMILES string of the molecule is O=C(NCc1ccc(C2OC(CSc3ncn[nH]3)CC(c3ccc(CO)cc3)O2)cc1)c1cnc2ccccc2n1. The number of aromatic nitrogens is 5. The first-order chi connectivity index (χ1) is 20.1. The zero-order chi connectivity index (χ0) is 28.0. The first kappa shape index (κ1) is 27.0.